The lowest BCUT2D eigenvalue weighted by Gasteiger charge is -2.26. The van der Waals surface area contributed by atoms with Crippen LogP contribution in [0.1, 0.15) is 32.6 Å². The topological polar surface area (TPSA) is 21.6 Å². The van der Waals surface area contributed by atoms with Crippen LogP contribution in [0.4, 0.5) is 0 Å². The minimum atomic E-state index is 0.705. The monoisotopic (exact) mass is 139 g/mol. The molecule has 2 nitrogen and oxygen atoms in total. The molecule has 0 unspecified atom stereocenters. The summed E-state index contributed by atoms with van der Waals surface area (Å²) in [6.07, 6.45) is 5.29. The molecule has 0 radical (unpaired) electrons. The summed E-state index contributed by atoms with van der Waals surface area (Å²) in [6.45, 7) is 2.67. The molecule has 0 aromatic heterocycles. The van der Waals surface area contributed by atoms with E-state index < -0.39 is 0 Å². The first kappa shape index (κ1) is 6.20. The van der Waals surface area contributed by atoms with Gasteiger partial charge in [-0.1, -0.05) is 5.16 Å². The molecule has 0 bridgehead atoms. The minimum absolute atomic E-state index is 0.705. The summed E-state index contributed by atoms with van der Waals surface area (Å²) in [7, 11) is 0. The van der Waals surface area contributed by atoms with Crippen LogP contribution in [0.3, 0.4) is 0 Å². The maximum atomic E-state index is 4.95. The Labute approximate surface area is 61.2 Å². The molecule has 0 aromatic carbocycles. The highest BCUT2D eigenvalue weighted by molar-refractivity contribution is 5.92. The molecule has 2 aliphatic rings. The standard InChI is InChI=1S/C8H13NO/c1-2-10-9-7-5-8(6-7)3-4-8/h2-6H2,1H3. The van der Waals surface area contributed by atoms with Crippen molar-refractivity contribution >= 4 is 5.71 Å². The predicted molar refractivity (Wildman–Crippen MR) is 40.0 cm³/mol. The fourth-order valence-corrected chi connectivity index (χ4v) is 1.56. The van der Waals surface area contributed by atoms with Crippen LogP contribution in [0.2, 0.25) is 0 Å². The largest absolute Gasteiger partial charge is 0.396 e. The van der Waals surface area contributed by atoms with Crippen LogP contribution in [0.5, 0.6) is 0 Å². The Morgan fingerprint density at radius 2 is 2.20 bits per heavy atom. The van der Waals surface area contributed by atoms with E-state index in [1.165, 1.54) is 31.4 Å². The molecule has 0 aliphatic heterocycles. The van der Waals surface area contributed by atoms with Gasteiger partial charge in [0.25, 0.3) is 0 Å². The summed E-state index contributed by atoms with van der Waals surface area (Å²) < 4.78 is 0. The number of hydrogen-bond acceptors (Lipinski definition) is 2. The number of nitrogens with zero attached hydrogens (tertiary/aromatic N) is 1. The highest BCUT2D eigenvalue weighted by atomic mass is 16.6. The molecule has 0 N–H and O–H groups in total. The lowest BCUT2D eigenvalue weighted by atomic mass is 9.80. The minimum Gasteiger partial charge on any atom is -0.396 e. The first-order valence-electron chi connectivity index (χ1n) is 4.02. The van der Waals surface area contributed by atoms with Crippen LogP contribution in [-0.4, -0.2) is 12.3 Å². The van der Waals surface area contributed by atoms with E-state index in [2.05, 4.69) is 5.16 Å². The van der Waals surface area contributed by atoms with Gasteiger partial charge < -0.3 is 4.84 Å². The third-order valence-electron chi connectivity index (χ3n) is 2.44. The lowest BCUT2D eigenvalue weighted by Crippen LogP contribution is -2.25. The molecular formula is C8H13NO. The molecule has 2 rings (SSSR count). The second-order valence-electron chi connectivity index (χ2n) is 3.43. The van der Waals surface area contributed by atoms with Crippen LogP contribution < -0.4 is 0 Å². The molecule has 0 heterocycles. The van der Waals surface area contributed by atoms with Crippen LogP contribution in [0.25, 0.3) is 0 Å². The summed E-state index contributed by atoms with van der Waals surface area (Å²) in [5, 5.41) is 4.00. The Balaban J connectivity index is 1.78. The van der Waals surface area contributed by atoms with Crippen molar-refractivity contribution in [3.05, 3.63) is 0 Å². The molecule has 0 aromatic rings. The van der Waals surface area contributed by atoms with E-state index in [9.17, 15) is 0 Å². The highest BCUT2D eigenvalue weighted by Crippen LogP contribution is 2.59. The zero-order chi connectivity index (χ0) is 7.03. The maximum absolute atomic E-state index is 4.95. The first-order chi connectivity index (χ1) is 4.85. The van der Waals surface area contributed by atoms with E-state index in [0.29, 0.717) is 6.61 Å². The summed E-state index contributed by atoms with van der Waals surface area (Å²) in [5.74, 6) is 0. The summed E-state index contributed by atoms with van der Waals surface area (Å²) in [5.41, 5.74) is 2.01. The van der Waals surface area contributed by atoms with Gasteiger partial charge in [0.1, 0.15) is 6.61 Å². The van der Waals surface area contributed by atoms with Crippen molar-refractivity contribution < 1.29 is 4.84 Å². The van der Waals surface area contributed by atoms with Gasteiger partial charge in [-0.3, -0.25) is 0 Å². The summed E-state index contributed by atoms with van der Waals surface area (Å²) in [4.78, 5) is 4.95. The molecular weight excluding hydrogens is 126 g/mol. The van der Waals surface area contributed by atoms with E-state index in [0.717, 1.165) is 5.41 Å². The summed E-state index contributed by atoms with van der Waals surface area (Å²) in [6, 6.07) is 0. The molecule has 56 valence electrons. The summed E-state index contributed by atoms with van der Waals surface area (Å²) >= 11 is 0. The smallest absolute Gasteiger partial charge is 0.114 e. The van der Waals surface area contributed by atoms with Gasteiger partial charge in [-0.2, -0.15) is 0 Å². The molecule has 2 heteroatoms. The van der Waals surface area contributed by atoms with Crippen molar-refractivity contribution in [2.75, 3.05) is 6.61 Å². The molecule has 10 heavy (non-hydrogen) atoms. The average Bonchev–Trinajstić information content (AvgIpc) is 2.59. The van der Waals surface area contributed by atoms with Gasteiger partial charge in [-0.05, 0) is 38.0 Å². The Morgan fingerprint density at radius 3 is 2.70 bits per heavy atom. The zero-order valence-corrected chi connectivity index (χ0v) is 6.39. The molecule has 1 spiro atoms. The van der Waals surface area contributed by atoms with Gasteiger partial charge >= 0.3 is 0 Å². The van der Waals surface area contributed by atoms with E-state index in [-0.39, 0.29) is 0 Å². The van der Waals surface area contributed by atoms with Crippen LogP contribution in [0, 0.1) is 5.41 Å². The van der Waals surface area contributed by atoms with Crippen molar-refractivity contribution in [2.24, 2.45) is 10.6 Å². The Hall–Kier alpha value is -0.530. The van der Waals surface area contributed by atoms with Crippen LogP contribution in [0.15, 0.2) is 5.16 Å². The van der Waals surface area contributed by atoms with Crippen molar-refractivity contribution in [1.29, 1.82) is 0 Å². The Bertz CT molecular complexity index is 160. The molecule has 0 amide bonds. The van der Waals surface area contributed by atoms with Crippen molar-refractivity contribution in [1.82, 2.24) is 0 Å². The van der Waals surface area contributed by atoms with E-state index in [4.69, 9.17) is 4.84 Å². The van der Waals surface area contributed by atoms with Gasteiger partial charge in [-0.25, -0.2) is 0 Å². The quantitative estimate of drug-likeness (QED) is 0.536. The zero-order valence-electron chi connectivity index (χ0n) is 6.39. The van der Waals surface area contributed by atoms with Gasteiger partial charge in [0.05, 0.1) is 5.71 Å². The van der Waals surface area contributed by atoms with Crippen LogP contribution >= 0.6 is 0 Å². The molecule has 2 saturated carbocycles. The molecule has 2 fully saturated rings. The number of rotatable bonds is 2. The van der Waals surface area contributed by atoms with E-state index >= 15 is 0 Å². The van der Waals surface area contributed by atoms with Gasteiger partial charge in [0.2, 0.25) is 0 Å². The average molecular weight is 139 g/mol. The van der Waals surface area contributed by atoms with E-state index in [1.807, 2.05) is 6.92 Å². The number of oxime groups is 1. The SMILES string of the molecule is CCON=C1CC2(CC2)C1. The third kappa shape index (κ3) is 0.917. The molecule has 0 atom stereocenters. The van der Waals surface area contributed by atoms with Crippen molar-refractivity contribution in [3.8, 4) is 0 Å². The lowest BCUT2D eigenvalue weighted by molar-refractivity contribution is 0.153. The second kappa shape index (κ2) is 1.97. The Kier molecular flexibility index (Phi) is 1.22. The fraction of sp³-hybridized carbons (Fsp3) is 0.875. The first-order valence-corrected chi connectivity index (χ1v) is 4.02. The highest BCUT2D eigenvalue weighted by Gasteiger charge is 2.51. The predicted octanol–water partition coefficient (Wildman–Crippen LogP) is 1.95. The van der Waals surface area contributed by atoms with Crippen LogP contribution in [-0.2, 0) is 4.84 Å². The maximum Gasteiger partial charge on any atom is 0.114 e. The van der Waals surface area contributed by atoms with Crippen molar-refractivity contribution in [3.63, 3.8) is 0 Å². The third-order valence-corrected chi connectivity index (χ3v) is 2.44. The number of hydrogen-bond donors (Lipinski definition) is 0. The Morgan fingerprint density at radius 1 is 1.50 bits per heavy atom. The molecule has 2 aliphatic carbocycles. The second-order valence-corrected chi connectivity index (χ2v) is 3.43. The van der Waals surface area contributed by atoms with Gasteiger partial charge in [-0.15, -0.1) is 0 Å². The van der Waals surface area contributed by atoms with Gasteiger partial charge in [0, 0.05) is 0 Å². The normalized spacial score (nSPS) is 25.9. The molecule has 0 saturated heterocycles. The van der Waals surface area contributed by atoms with E-state index in [1.54, 1.807) is 0 Å². The van der Waals surface area contributed by atoms with Gasteiger partial charge in [0.15, 0.2) is 0 Å². The fourth-order valence-electron chi connectivity index (χ4n) is 1.56. The van der Waals surface area contributed by atoms with Crippen molar-refractivity contribution in [2.45, 2.75) is 32.6 Å².